The van der Waals surface area contributed by atoms with E-state index in [-0.39, 0.29) is 19.8 Å². The molecule has 308 valence electrons. The van der Waals surface area contributed by atoms with Crippen LogP contribution in [-0.2, 0) is 66.7 Å². The number of hydrogen-bond donors (Lipinski definition) is 1. The normalized spacial score (nSPS) is 12.0. The number of hydrogen-bond acceptors (Lipinski definition) is 14. The molecule has 51 heavy (non-hydrogen) atoms. The minimum absolute atomic E-state index is 0.0330. The molecule has 15 nitrogen and oxygen atoms in total. The number of rotatable bonds is 46. The van der Waals surface area contributed by atoms with Gasteiger partial charge < -0.3 is 52.1 Å². The van der Waals surface area contributed by atoms with Crippen molar-refractivity contribution < 1.29 is 69.3 Å². The lowest BCUT2D eigenvalue weighted by Gasteiger charge is -2.09. The molecule has 0 bridgehead atoms. The van der Waals surface area contributed by atoms with E-state index in [4.69, 9.17) is 56.7 Å². The third-order valence-corrected chi connectivity index (χ3v) is 7.54. The molecule has 0 spiro atoms. The van der Waals surface area contributed by atoms with Gasteiger partial charge in [0.1, 0.15) is 0 Å². The predicted molar refractivity (Wildman–Crippen MR) is 193 cm³/mol. The van der Waals surface area contributed by atoms with Crippen LogP contribution in [0.3, 0.4) is 0 Å². The molecule has 0 atom stereocenters. The van der Waals surface area contributed by atoms with Crippen molar-refractivity contribution in [3.8, 4) is 0 Å². The lowest BCUT2D eigenvalue weighted by Crippen LogP contribution is -2.15. The third kappa shape index (κ3) is 49.4. The van der Waals surface area contributed by atoms with E-state index in [1.165, 1.54) is 64.2 Å². The molecule has 0 aliphatic heterocycles. The average molecular weight is 765 g/mol. The molecular formula is C35H72O15S. The summed E-state index contributed by atoms with van der Waals surface area (Å²) in [6.45, 7) is 12.5. The summed E-state index contributed by atoms with van der Waals surface area (Å²) in [5.74, 6) is 0. The van der Waals surface area contributed by atoms with Gasteiger partial charge in [-0.15, -0.1) is 0 Å². The summed E-state index contributed by atoms with van der Waals surface area (Å²) in [6, 6.07) is 0. The van der Waals surface area contributed by atoms with Crippen LogP contribution in [0.4, 0.5) is 0 Å². The van der Waals surface area contributed by atoms with Crippen molar-refractivity contribution in [2.45, 2.75) is 77.6 Å². The molecule has 0 heterocycles. The van der Waals surface area contributed by atoms with Gasteiger partial charge >= 0.3 is 10.4 Å². The minimum atomic E-state index is -4.42. The van der Waals surface area contributed by atoms with Gasteiger partial charge in [0.25, 0.3) is 0 Å². The zero-order valence-electron chi connectivity index (χ0n) is 31.6. The summed E-state index contributed by atoms with van der Waals surface area (Å²) in [6.07, 6.45) is 14.8. The Bertz CT molecular complexity index is 749. The van der Waals surface area contributed by atoms with Gasteiger partial charge in [0.15, 0.2) is 0 Å². The molecule has 0 saturated heterocycles. The van der Waals surface area contributed by atoms with E-state index < -0.39 is 10.4 Å². The highest BCUT2D eigenvalue weighted by Gasteiger charge is 2.03. The molecule has 0 fully saturated rings. The van der Waals surface area contributed by atoms with E-state index in [9.17, 15) is 8.42 Å². The van der Waals surface area contributed by atoms with Gasteiger partial charge in [0, 0.05) is 6.61 Å². The molecule has 0 aromatic heterocycles. The quantitative estimate of drug-likeness (QED) is 0.0689. The lowest BCUT2D eigenvalue weighted by atomic mass is 10.1. The van der Waals surface area contributed by atoms with Crippen molar-refractivity contribution in [3.63, 3.8) is 0 Å². The molecule has 0 unspecified atom stereocenters. The summed E-state index contributed by atoms with van der Waals surface area (Å²) in [7, 11) is -4.42. The van der Waals surface area contributed by atoms with E-state index in [1.54, 1.807) is 0 Å². The Kier molecular flexibility index (Phi) is 43.3. The van der Waals surface area contributed by atoms with Gasteiger partial charge in [-0.2, -0.15) is 8.42 Å². The van der Waals surface area contributed by atoms with Gasteiger partial charge in [-0.3, -0.25) is 4.55 Å². The zero-order valence-corrected chi connectivity index (χ0v) is 32.4. The second kappa shape index (κ2) is 43.8. The molecular weight excluding hydrogens is 692 g/mol. The molecule has 0 rings (SSSR count). The van der Waals surface area contributed by atoms with Gasteiger partial charge in [0.2, 0.25) is 0 Å². The van der Waals surface area contributed by atoms with Crippen molar-refractivity contribution in [2.24, 2.45) is 0 Å². The predicted octanol–water partition coefficient (Wildman–Crippen LogP) is 4.30. The van der Waals surface area contributed by atoms with Gasteiger partial charge in [-0.05, 0) is 6.42 Å². The maximum atomic E-state index is 10.3. The van der Waals surface area contributed by atoms with Gasteiger partial charge in [-0.25, -0.2) is 4.18 Å². The summed E-state index contributed by atoms with van der Waals surface area (Å²) in [5, 5.41) is 0. The Balaban J connectivity index is 3.06. The first-order chi connectivity index (χ1) is 25.1. The zero-order chi connectivity index (χ0) is 37.0. The first-order valence-electron chi connectivity index (χ1n) is 19.0. The monoisotopic (exact) mass is 764 g/mol. The van der Waals surface area contributed by atoms with Crippen LogP contribution in [-0.4, -0.2) is 165 Å². The summed E-state index contributed by atoms with van der Waals surface area (Å²) < 4.78 is 93.0. The number of ether oxygens (including phenoxy) is 11. The molecule has 16 heteroatoms. The largest absolute Gasteiger partial charge is 0.397 e. The van der Waals surface area contributed by atoms with Crippen molar-refractivity contribution >= 4 is 10.4 Å². The molecule has 0 radical (unpaired) electrons. The van der Waals surface area contributed by atoms with E-state index in [0.29, 0.717) is 126 Å². The van der Waals surface area contributed by atoms with Crippen LogP contribution in [0, 0.1) is 0 Å². The molecule has 1 N–H and O–H groups in total. The standard InChI is InChI=1S/C35H72O15S/c1-2-3-4-5-6-7-8-9-10-11-12-13-39-14-15-40-16-17-41-18-19-42-20-21-43-22-23-44-24-25-45-26-27-46-28-29-47-30-31-48-32-33-49-34-35-50-51(36,37)38/h2-35H2,1H3,(H,36,37,38). The van der Waals surface area contributed by atoms with Crippen molar-refractivity contribution in [1.29, 1.82) is 0 Å². The minimum Gasteiger partial charge on any atom is -0.379 e. The maximum Gasteiger partial charge on any atom is 0.397 e. The fraction of sp³-hybridized carbons (Fsp3) is 1.00. The Morgan fingerprint density at radius 1 is 0.294 bits per heavy atom. The lowest BCUT2D eigenvalue weighted by molar-refractivity contribution is -0.0277. The average Bonchev–Trinajstić information content (AvgIpc) is 3.11. The van der Waals surface area contributed by atoms with Gasteiger partial charge in [0.05, 0.1) is 145 Å². The molecule has 0 aliphatic carbocycles. The van der Waals surface area contributed by atoms with Crippen LogP contribution < -0.4 is 0 Å². The summed E-state index contributed by atoms with van der Waals surface area (Å²) in [5.41, 5.74) is 0. The van der Waals surface area contributed by atoms with Crippen molar-refractivity contribution in [3.05, 3.63) is 0 Å². The fourth-order valence-electron chi connectivity index (χ4n) is 4.37. The Morgan fingerprint density at radius 3 is 0.725 bits per heavy atom. The van der Waals surface area contributed by atoms with Gasteiger partial charge in [-0.1, -0.05) is 71.1 Å². The first-order valence-corrected chi connectivity index (χ1v) is 20.4. The second-order valence-electron chi connectivity index (χ2n) is 11.5. The Morgan fingerprint density at radius 2 is 0.490 bits per heavy atom. The third-order valence-electron chi connectivity index (χ3n) is 7.07. The van der Waals surface area contributed by atoms with E-state index in [0.717, 1.165) is 13.0 Å². The first kappa shape index (κ1) is 50.4. The SMILES string of the molecule is CCCCCCCCCCCCCOCCOCCOCCOCCOCCOCCOCCOCCOCCOCCOCCOS(=O)(=O)O. The molecule has 0 aliphatic rings. The van der Waals surface area contributed by atoms with Crippen LogP contribution in [0.15, 0.2) is 0 Å². The Hall–Kier alpha value is -0.570. The topological polar surface area (TPSA) is 165 Å². The van der Waals surface area contributed by atoms with E-state index in [2.05, 4.69) is 11.1 Å². The maximum absolute atomic E-state index is 10.3. The van der Waals surface area contributed by atoms with Crippen LogP contribution in [0.25, 0.3) is 0 Å². The smallest absolute Gasteiger partial charge is 0.379 e. The summed E-state index contributed by atoms with van der Waals surface area (Å²) in [4.78, 5) is 0. The molecule has 0 saturated carbocycles. The highest BCUT2D eigenvalue weighted by molar-refractivity contribution is 7.80. The molecule has 0 amide bonds. The number of unbranched alkanes of at least 4 members (excludes halogenated alkanes) is 10. The summed E-state index contributed by atoms with van der Waals surface area (Å²) >= 11 is 0. The molecule has 0 aromatic carbocycles. The van der Waals surface area contributed by atoms with Crippen LogP contribution in [0.1, 0.15) is 77.6 Å². The van der Waals surface area contributed by atoms with Crippen LogP contribution >= 0.6 is 0 Å². The highest BCUT2D eigenvalue weighted by atomic mass is 32.3. The molecule has 0 aromatic rings. The fourth-order valence-corrected chi connectivity index (χ4v) is 4.65. The van der Waals surface area contributed by atoms with Crippen molar-refractivity contribution in [2.75, 3.05) is 152 Å². The van der Waals surface area contributed by atoms with Crippen molar-refractivity contribution in [1.82, 2.24) is 0 Å². The van der Waals surface area contributed by atoms with E-state index >= 15 is 0 Å². The van der Waals surface area contributed by atoms with Crippen LogP contribution in [0.2, 0.25) is 0 Å². The highest BCUT2D eigenvalue weighted by Crippen LogP contribution is 2.11. The Labute approximate surface area is 308 Å². The second-order valence-corrected chi connectivity index (χ2v) is 12.6. The van der Waals surface area contributed by atoms with E-state index in [1.807, 2.05) is 0 Å². The van der Waals surface area contributed by atoms with Crippen LogP contribution in [0.5, 0.6) is 0 Å².